The van der Waals surface area contributed by atoms with Crippen molar-refractivity contribution in [3.8, 4) is 5.88 Å². The molecule has 1 aromatic carbocycles. The maximum absolute atomic E-state index is 5.34. The van der Waals surface area contributed by atoms with E-state index in [2.05, 4.69) is 60.3 Å². The van der Waals surface area contributed by atoms with Crippen molar-refractivity contribution >= 4 is 0 Å². The predicted octanol–water partition coefficient (Wildman–Crippen LogP) is 3.31. The molecule has 0 radical (unpaired) electrons. The third kappa shape index (κ3) is 3.58. The van der Waals surface area contributed by atoms with E-state index in [1.807, 2.05) is 0 Å². The molecule has 0 aliphatic heterocycles. The van der Waals surface area contributed by atoms with Crippen molar-refractivity contribution in [3.63, 3.8) is 0 Å². The molecule has 1 unspecified atom stereocenters. The normalized spacial score (nSPS) is 12.4. The van der Waals surface area contributed by atoms with Gasteiger partial charge in [-0.3, -0.25) is 4.98 Å². The Kier molecular flexibility index (Phi) is 5.28. The quantitative estimate of drug-likeness (QED) is 0.884. The highest BCUT2D eigenvalue weighted by molar-refractivity contribution is 5.35. The highest BCUT2D eigenvalue weighted by Gasteiger charge is 2.19. The molecule has 0 saturated heterocycles. The lowest BCUT2D eigenvalue weighted by Crippen LogP contribution is -2.23. The van der Waals surface area contributed by atoms with Crippen LogP contribution in [0.5, 0.6) is 5.88 Å². The fraction of sp³-hybridized carbons (Fsp3) is 0.412. The van der Waals surface area contributed by atoms with Gasteiger partial charge < -0.3 is 10.1 Å². The molecule has 2 aromatic rings. The first-order chi connectivity index (χ1) is 10.2. The molecule has 0 fully saturated rings. The molecule has 0 saturated carbocycles. The minimum atomic E-state index is -0.0140. The monoisotopic (exact) mass is 285 g/mol. The van der Waals surface area contributed by atoms with E-state index in [0.29, 0.717) is 11.8 Å². The lowest BCUT2D eigenvalue weighted by Gasteiger charge is -2.20. The van der Waals surface area contributed by atoms with Crippen LogP contribution in [0.1, 0.15) is 49.6 Å². The minimum absolute atomic E-state index is 0.0140. The molecule has 0 aliphatic carbocycles. The van der Waals surface area contributed by atoms with Crippen LogP contribution in [0.25, 0.3) is 0 Å². The molecular formula is C17H23N3O. The van der Waals surface area contributed by atoms with Crippen molar-refractivity contribution in [3.05, 3.63) is 53.5 Å². The number of nitrogens with zero attached hydrogens (tertiary/aromatic N) is 2. The summed E-state index contributed by atoms with van der Waals surface area (Å²) < 4.78 is 5.34. The van der Waals surface area contributed by atoms with Crippen molar-refractivity contribution in [1.29, 1.82) is 0 Å². The van der Waals surface area contributed by atoms with Gasteiger partial charge in [-0.25, -0.2) is 4.98 Å². The molecule has 0 bridgehead atoms. The molecule has 1 heterocycles. The fourth-order valence-electron chi connectivity index (χ4n) is 2.34. The van der Waals surface area contributed by atoms with Crippen LogP contribution in [-0.4, -0.2) is 23.6 Å². The molecule has 4 heteroatoms. The van der Waals surface area contributed by atoms with Gasteiger partial charge in [-0.15, -0.1) is 0 Å². The smallest absolute Gasteiger partial charge is 0.237 e. The van der Waals surface area contributed by atoms with E-state index in [9.17, 15) is 0 Å². The van der Waals surface area contributed by atoms with Crippen molar-refractivity contribution in [2.24, 2.45) is 0 Å². The van der Waals surface area contributed by atoms with Crippen LogP contribution < -0.4 is 10.1 Å². The predicted molar refractivity (Wildman–Crippen MR) is 84.6 cm³/mol. The van der Waals surface area contributed by atoms with Crippen LogP contribution in [0.3, 0.4) is 0 Å². The topological polar surface area (TPSA) is 47.0 Å². The van der Waals surface area contributed by atoms with Gasteiger partial charge in [0.05, 0.1) is 13.2 Å². The Labute approximate surface area is 126 Å². The van der Waals surface area contributed by atoms with E-state index in [0.717, 1.165) is 12.2 Å². The van der Waals surface area contributed by atoms with Crippen molar-refractivity contribution in [2.45, 2.75) is 32.7 Å². The zero-order valence-corrected chi connectivity index (χ0v) is 13.1. The first-order valence-corrected chi connectivity index (χ1v) is 7.35. The number of nitrogens with one attached hydrogen (secondary N) is 1. The SMILES string of the molecule is CCNC(c1ccc(C(C)C)cc1)c1nccnc1OC. The van der Waals surface area contributed by atoms with Crippen molar-refractivity contribution < 1.29 is 4.74 Å². The Balaban J connectivity index is 2.38. The van der Waals surface area contributed by atoms with Gasteiger partial charge in [0, 0.05) is 12.4 Å². The summed E-state index contributed by atoms with van der Waals surface area (Å²) in [6, 6.07) is 8.63. The summed E-state index contributed by atoms with van der Waals surface area (Å²) in [5.41, 5.74) is 3.32. The Hall–Kier alpha value is -1.94. The molecule has 21 heavy (non-hydrogen) atoms. The molecule has 1 atom stereocenters. The van der Waals surface area contributed by atoms with Gasteiger partial charge in [-0.1, -0.05) is 45.0 Å². The molecule has 0 spiro atoms. The largest absolute Gasteiger partial charge is 0.480 e. The first-order valence-electron chi connectivity index (χ1n) is 7.35. The Morgan fingerprint density at radius 2 is 1.67 bits per heavy atom. The Morgan fingerprint density at radius 3 is 2.24 bits per heavy atom. The molecule has 0 aliphatic rings. The number of ether oxygens (including phenoxy) is 1. The molecular weight excluding hydrogens is 262 g/mol. The number of hydrogen-bond acceptors (Lipinski definition) is 4. The molecule has 0 amide bonds. The molecule has 1 N–H and O–H groups in total. The van der Waals surface area contributed by atoms with E-state index >= 15 is 0 Å². The summed E-state index contributed by atoms with van der Waals surface area (Å²) in [6.07, 6.45) is 3.35. The minimum Gasteiger partial charge on any atom is -0.480 e. The van der Waals surface area contributed by atoms with E-state index in [4.69, 9.17) is 4.74 Å². The van der Waals surface area contributed by atoms with Gasteiger partial charge in [0.1, 0.15) is 5.69 Å². The summed E-state index contributed by atoms with van der Waals surface area (Å²) in [5, 5.41) is 3.46. The van der Waals surface area contributed by atoms with Gasteiger partial charge in [-0.05, 0) is 23.6 Å². The second-order valence-electron chi connectivity index (χ2n) is 5.26. The van der Waals surface area contributed by atoms with Crippen molar-refractivity contribution in [2.75, 3.05) is 13.7 Å². The standard InChI is InChI=1S/C17H23N3O/c1-5-18-15(16-17(21-4)20-11-10-19-16)14-8-6-13(7-9-14)12(2)3/h6-12,15,18H,5H2,1-4H3. The summed E-state index contributed by atoms with van der Waals surface area (Å²) in [7, 11) is 1.62. The van der Waals surface area contributed by atoms with E-state index in [1.165, 1.54) is 11.1 Å². The average molecular weight is 285 g/mol. The molecule has 1 aromatic heterocycles. The highest BCUT2D eigenvalue weighted by atomic mass is 16.5. The summed E-state index contributed by atoms with van der Waals surface area (Å²) in [6.45, 7) is 7.32. The van der Waals surface area contributed by atoms with Gasteiger partial charge >= 0.3 is 0 Å². The first kappa shape index (κ1) is 15.4. The number of aromatic nitrogens is 2. The third-order valence-electron chi connectivity index (χ3n) is 3.50. The van der Waals surface area contributed by atoms with Crippen LogP contribution in [0.15, 0.2) is 36.7 Å². The van der Waals surface area contributed by atoms with Gasteiger partial charge in [0.25, 0.3) is 0 Å². The number of methoxy groups -OCH3 is 1. The van der Waals surface area contributed by atoms with Crippen LogP contribution in [0, 0.1) is 0 Å². The van der Waals surface area contributed by atoms with E-state index in [-0.39, 0.29) is 6.04 Å². The Bertz CT molecular complexity index is 567. The molecule has 4 nitrogen and oxygen atoms in total. The van der Waals surface area contributed by atoms with Crippen LogP contribution in [0.2, 0.25) is 0 Å². The fourth-order valence-corrected chi connectivity index (χ4v) is 2.34. The third-order valence-corrected chi connectivity index (χ3v) is 3.50. The van der Waals surface area contributed by atoms with Gasteiger partial charge in [0.2, 0.25) is 5.88 Å². The maximum Gasteiger partial charge on any atom is 0.237 e. The summed E-state index contributed by atoms with van der Waals surface area (Å²) in [4.78, 5) is 8.70. The van der Waals surface area contributed by atoms with Gasteiger partial charge in [0.15, 0.2) is 0 Å². The van der Waals surface area contributed by atoms with E-state index in [1.54, 1.807) is 19.5 Å². The van der Waals surface area contributed by atoms with E-state index < -0.39 is 0 Å². The second kappa shape index (κ2) is 7.18. The second-order valence-corrected chi connectivity index (χ2v) is 5.26. The molecule has 2 rings (SSSR count). The van der Waals surface area contributed by atoms with Crippen LogP contribution in [-0.2, 0) is 0 Å². The Morgan fingerprint density at radius 1 is 1.05 bits per heavy atom. The zero-order valence-electron chi connectivity index (χ0n) is 13.1. The maximum atomic E-state index is 5.34. The van der Waals surface area contributed by atoms with Crippen LogP contribution in [0.4, 0.5) is 0 Å². The number of rotatable bonds is 6. The molecule has 112 valence electrons. The summed E-state index contributed by atoms with van der Waals surface area (Å²) >= 11 is 0. The number of benzene rings is 1. The zero-order chi connectivity index (χ0) is 15.2. The highest BCUT2D eigenvalue weighted by Crippen LogP contribution is 2.27. The van der Waals surface area contributed by atoms with Crippen LogP contribution >= 0.6 is 0 Å². The number of hydrogen-bond donors (Lipinski definition) is 1. The summed E-state index contributed by atoms with van der Waals surface area (Å²) in [5.74, 6) is 1.10. The average Bonchev–Trinajstić information content (AvgIpc) is 2.52. The lowest BCUT2D eigenvalue weighted by atomic mass is 9.97. The lowest BCUT2D eigenvalue weighted by molar-refractivity contribution is 0.383. The van der Waals surface area contributed by atoms with Crippen molar-refractivity contribution in [1.82, 2.24) is 15.3 Å². The van der Waals surface area contributed by atoms with Gasteiger partial charge in [-0.2, -0.15) is 0 Å².